The van der Waals surface area contributed by atoms with Gasteiger partial charge in [-0.25, -0.2) is 4.39 Å². The van der Waals surface area contributed by atoms with Crippen LogP contribution in [0.5, 0.6) is 0 Å². The molecular formula is C16H12ClFN2O. The van der Waals surface area contributed by atoms with Gasteiger partial charge in [0.1, 0.15) is 5.82 Å². The molecule has 0 aliphatic carbocycles. The van der Waals surface area contributed by atoms with Crippen LogP contribution in [0.25, 0.3) is 10.9 Å². The number of hydrogen-bond donors (Lipinski definition) is 2. The van der Waals surface area contributed by atoms with Gasteiger partial charge in [-0.15, -0.1) is 0 Å². The van der Waals surface area contributed by atoms with Crippen molar-refractivity contribution in [3.63, 3.8) is 0 Å². The monoisotopic (exact) mass is 302 g/mol. The zero-order chi connectivity index (χ0) is 14.8. The minimum absolute atomic E-state index is 0.147. The molecule has 1 heterocycles. The molecule has 0 atom stereocenters. The summed E-state index contributed by atoms with van der Waals surface area (Å²) in [5.41, 5.74) is 1.91. The van der Waals surface area contributed by atoms with Crippen LogP contribution in [0.4, 0.5) is 10.1 Å². The predicted molar refractivity (Wildman–Crippen MR) is 82.0 cm³/mol. The van der Waals surface area contributed by atoms with Crippen LogP contribution in [0.2, 0.25) is 5.02 Å². The molecule has 3 nitrogen and oxygen atoms in total. The number of halogens is 2. The van der Waals surface area contributed by atoms with Crippen molar-refractivity contribution < 1.29 is 9.18 Å². The Labute approximate surface area is 125 Å². The highest BCUT2D eigenvalue weighted by atomic mass is 35.5. The van der Waals surface area contributed by atoms with Crippen molar-refractivity contribution in [3.8, 4) is 0 Å². The number of aromatic amines is 1. The van der Waals surface area contributed by atoms with E-state index in [1.165, 1.54) is 12.1 Å². The maximum absolute atomic E-state index is 13.5. The Hall–Kier alpha value is -2.33. The first kappa shape index (κ1) is 13.6. The Morgan fingerprint density at radius 2 is 2.05 bits per heavy atom. The number of para-hydroxylation sites is 1. The summed E-state index contributed by atoms with van der Waals surface area (Å²) in [7, 11) is 0. The number of aromatic nitrogens is 1. The molecule has 0 spiro atoms. The van der Waals surface area contributed by atoms with Gasteiger partial charge < -0.3 is 10.3 Å². The average Bonchev–Trinajstić information content (AvgIpc) is 2.84. The fourth-order valence-electron chi connectivity index (χ4n) is 2.23. The Morgan fingerprint density at radius 3 is 2.86 bits per heavy atom. The van der Waals surface area contributed by atoms with Crippen LogP contribution in [0.15, 0.2) is 48.7 Å². The van der Waals surface area contributed by atoms with Gasteiger partial charge >= 0.3 is 0 Å². The first-order chi connectivity index (χ1) is 10.1. The molecule has 21 heavy (non-hydrogen) atoms. The number of nitrogens with one attached hydrogen (secondary N) is 2. The summed E-state index contributed by atoms with van der Waals surface area (Å²) in [5, 5.41) is 4.07. The lowest BCUT2D eigenvalue weighted by atomic mass is 10.1. The molecule has 0 saturated carbocycles. The van der Waals surface area contributed by atoms with E-state index in [1.54, 1.807) is 30.5 Å². The Morgan fingerprint density at radius 1 is 1.24 bits per heavy atom. The fourth-order valence-corrected chi connectivity index (χ4v) is 2.40. The number of anilines is 1. The summed E-state index contributed by atoms with van der Waals surface area (Å²) in [6.07, 6.45) is 1.91. The summed E-state index contributed by atoms with van der Waals surface area (Å²) in [5.74, 6) is -0.728. The fraction of sp³-hybridized carbons (Fsp3) is 0.0625. The molecule has 3 rings (SSSR count). The summed E-state index contributed by atoms with van der Waals surface area (Å²) in [4.78, 5) is 15.1. The highest BCUT2D eigenvalue weighted by Gasteiger charge is 2.11. The molecule has 0 aliphatic rings. The van der Waals surface area contributed by atoms with Gasteiger partial charge in [-0.1, -0.05) is 23.7 Å². The van der Waals surface area contributed by atoms with E-state index >= 15 is 0 Å². The number of rotatable bonds is 3. The smallest absolute Gasteiger partial charge is 0.228 e. The van der Waals surface area contributed by atoms with Gasteiger partial charge in [-0.3, -0.25) is 4.79 Å². The summed E-state index contributed by atoms with van der Waals surface area (Å²) in [6, 6.07) is 11.5. The second kappa shape index (κ2) is 5.58. The molecule has 1 aromatic heterocycles. The number of H-pyrrole nitrogens is 1. The molecule has 2 aromatic carbocycles. The first-order valence-corrected chi connectivity index (χ1v) is 6.81. The minimum atomic E-state index is -0.451. The van der Waals surface area contributed by atoms with E-state index < -0.39 is 5.82 Å². The Kier molecular flexibility index (Phi) is 3.62. The lowest BCUT2D eigenvalue weighted by Crippen LogP contribution is -2.15. The molecule has 3 aromatic rings. The molecule has 0 unspecified atom stereocenters. The van der Waals surface area contributed by atoms with E-state index in [-0.39, 0.29) is 18.0 Å². The number of fused-ring (bicyclic) bond motifs is 1. The van der Waals surface area contributed by atoms with Gasteiger partial charge in [0.15, 0.2) is 0 Å². The third-order valence-corrected chi connectivity index (χ3v) is 3.46. The van der Waals surface area contributed by atoms with Crippen LogP contribution in [0, 0.1) is 5.82 Å². The number of benzene rings is 2. The summed E-state index contributed by atoms with van der Waals surface area (Å²) >= 11 is 5.97. The molecule has 5 heteroatoms. The Balaban J connectivity index is 1.80. The van der Waals surface area contributed by atoms with Crippen molar-refractivity contribution in [1.29, 1.82) is 0 Å². The van der Waals surface area contributed by atoms with Crippen LogP contribution in [0.1, 0.15) is 5.56 Å². The van der Waals surface area contributed by atoms with E-state index in [9.17, 15) is 9.18 Å². The maximum atomic E-state index is 13.5. The first-order valence-electron chi connectivity index (χ1n) is 6.43. The Bertz CT molecular complexity index is 813. The molecule has 2 N–H and O–H groups in total. The zero-order valence-corrected chi connectivity index (χ0v) is 11.7. The van der Waals surface area contributed by atoms with E-state index in [2.05, 4.69) is 10.3 Å². The summed E-state index contributed by atoms with van der Waals surface area (Å²) in [6.45, 7) is 0. The van der Waals surface area contributed by atoms with Crippen LogP contribution in [-0.2, 0) is 11.2 Å². The van der Waals surface area contributed by atoms with Crippen LogP contribution in [0.3, 0.4) is 0 Å². The lowest BCUT2D eigenvalue weighted by Gasteiger charge is -2.05. The highest BCUT2D eigenvalue weighted by molar-refractivity contribution is 6.31. The van der Waals surface area contributed by atoms with Gasteiger partial charge in [0.05, 0.1) is 12.1 Å². The van der Waals surface area contributed by atoms with E-state index in [1.807, 2.05) is 6.07 Å². The number of hydrogen-bond acceptors (Lipinski definition) is 1. The summed E-state index contributed by atoms with van der Waals surface area (Å²) < 4.78 is 13.5. The third kappa shape index (κ3) is 2.90. The van der Waals surface area contributed by atoms with Gasteiger partial charge in [-0.05, 0) is 35.9 Å². The van der Waals surface area contributed by atoms with Gasteiger partial charge in [0.2, 0.25) is 5.91 Å². The molecule has 0 bridgehead atoms. The second-order valence-electron chi connectivity index (χ2n) is 4.71. The maximum Gasteiger partial charge on any atom is 0.228 e. The minimum Gasteiger partial charge on any atom is -0.361 e. The standard InChI is InChI=1S/C16H12ClFN2O/c17-11-5-6-14-12(8-11)10(9-19-14)7-16(21)20-15-4-2-1-3-13(15)18/h1-6,8-9,19H,7H2,(H,20,21). The lowest BCUT2D eigenvalue weighted by molar-refractivity contribution is -0.115. The van der Waals surface area contributed by atoms with Crippen molar-refractivity contribution in [2.75, 3.05) is 5.32 Å². The largest absolute Gasteiger partial charge is 0.361 e. The predicted octanol–water partition coefficient (Wildman–Crippen LogP) is 4.14. The number of carbonyl (C=O) groups excluding carboxylic acids is 1. The molecular weight excluding hydrogens is 291 g/mol. The van der Waals surface area contributed by atoms with Crippen molar-refractivity contribution in [2.24, 2.45) is 0 Å². The molecule has 0 radical (unpaired) electrons. The van der Waals surface area contributed by atoms with Crippen molar-refractivity contribution in [2.45, 2.75) is 6.42 Å². The second-order valence-corrected chi connectivity index (χ2v) is 5.15. The van der Waals surface area contributed by atoms with Crippen LogP contribution >= 0.6 is 11.6 Å². The van der Waals surface area contributed by atoms with Crippen molar-refractivity contribution in [3.05, 3.63) is 65.1 Å². The zero-order valence-electron chi connectivity index (χ0n) is 11.0. The van der Waals surface area contributed by atoms with Crippen LogP contribution < -0.4 is 5.32 Å². The number of carbonyl (C=O) groups is 1. The molecule has 0 saturated heterocycles. The van der Waals surface area contributed by atoms with Crippen LogP contribution in [-0.4, -0.2) is 10.9 Å². The van der Waals surface area contributed by atoms with Crippen molar-refractivity contribution in [1.82, 2.24) is 4.98 Å². The van der Waals surface area contributed by atoms with Gasteiger partial charge in [-0.2, -0.15) is 0 Å². The SMILES string of the molecule is O=C(Cc1c[nH]c2ccc(Cl)cc12)Nc1ccccc1F. The highest BCUT2D eigenvalue weighted by Crippen LogP contribution is 2.23. The normalized spacial score (nSPS) is 10.8. The van der Waals surface area contributed by atoms with Crippen molar-refractivity contribution >= 4 is 34.1 Å². The van der Waals surface area contributed by atoms with E-state index in [0.717, 1.165) is 16.5 Å². The molecule has 1 amide bonds. The van der Waals surface area contributed by atoms with Gasteiger partial charge in [0, 0.05) is 22.1 Å². The topological polar surface area (TPSA) is 44.9 Å². The molecule has 0 fully saturated rings. The quantitative estimate of drug-likeness (QED) is 0.750. The van der Waals surface area contributed by atoms with E-state index in [4.69, 9.17) is 11.6 Å². The molecule has 106 valence electrons. The average molecular weight is 303 g/mol. The molecule has 0 aliphatic heterocycles. The van der Waals surface area contributed by atoms with Gasteiger partial charge in [0.25, 0.3) is 0 Å². The van der Waals surface area contributed by atoms with E-state index in [0.29, 0.717) is 5.02 Å². The third-order valence-electron chi connectivity index (χ3n) is 3.23. The number of amides is 1.